The van der Waals surface area contributed by atoms with Crippen LogP contribution in [0.4, 0.5) is 34.1 Å². The van der Waals surface area contributed by atoms with E-state index in [0.29, 0.717) is 0 Å². The summed E-state index contributed by atoms with van der Waals surface area (Å²) in [6.07, 6.45) is 0. The summed E-state index contributed by atoms with van der Waals surface area (Å²) in [5.41, 5.74) is 20.2. The van der Waals surface area contributed by atoms with Gasteiger partial charge in [0.1, 0.15) is 16.7 Å². The smallest absolute Gasteiger partial charge is 0.297 e. The van der Waals surface area contributed by atoms with Gasteiger partial charge in [0.2, 0.25) is 0 Å². The fourth-order valence-corrected chi connectivity index (χ4v) is 10.4. The summed E-state index contributed by atoms with van der Waals surface area (Å²) in [4.78, 5) is 5.01. The van der Waals surface area contributed by atoms with Crippen molar-refractivity contribution in [2.45, 2.75) is 6.92 Å². The zero-order valence-electron chi connectivity index (χ0n) is 30.8. The number of furan rings is 2. The minimum Gasteiger partial charge on any atom is -0.468 e. The van der Waals surface area contributed by atoms with Gasteiger partial charge in [-0.2, -0.15) is 0 Å². The topological polar surface area (TPSA) is 37.7 Å². The fourth-order valence-electron chi connectivity index (χ4n) is 10.4. The molecule has 3 aliphatic rings. The molecule has 11 aromatic rings. The van der Waals surface area contributed by atoms with E-state index in [2.05, 4.69) is 179 Å². The summed E-state index contributed by atoms with van der Waals surface area (Å²) < 4.78 is 16.1. The molecule has 0 spiro atoms. The van der Waals surface area contributed by atoms with Crippen molar-refractivity contribution in [3.8, 4) is 16.8 Å². The lowest BCUT2D eigenvalue weighted by Crippen LogP contribution is -2.61. The molecule has 0 N–H and O–H groups in total. The van der Waals surface area contributed by atoms with Crippen LogP contribution >= 0.6 is 0 Å². The summed E-state index contributed by atoms with van der Waals surface area (Å²) in [6, 6.07) is 59.5. The average molecular weight is 728 g/mol. The predicted octanol–water partition coefficient (Wildman–Crippen LogP) is 11.8. The summed E-state index contributed by atoms with van der Waals surface area (Å²) in [5.74, 6) is 0. The molecule has 0 unspecified atom stereocenters. The first-order chi connectivity index (χ1) is 28.2. The Morgan fingerprint density at radius 2 is 1.18 bits per heavy atom. The van der Waals surface area contributed by atoms with E-state index < -0.39 is 0 Å². The van der Waals surface area contributed by atoms with Crippen LogP contribution in [-0.2, 0) is 0 Å². The maximum atomic E-state index is 7.24. The molecule has 0 amide bonds. The van der Waals surface area contributed by atoms with Gasteiger partial charge in [-0.1, -0.05) is 97.1 Å². The van der Waals surface area contributed by atoms with Crippen LogP contribution in [0.3, 0.4) is 0 Å². The maximum Gasteiger partial charge on any atom is 0.297 e. The van der Waals surface area contributed by atoms with Gasteiger partial charge in [-0.3, -0.25) is 0 Å². The Morgan fingerprint density at radius 1 is 0.456 bits per heavy atom. The Bertz CT molecular complexity index is 3580. The van der Waals surface area contributed by atoms with E-state index in [4.69, 9.17) is 8.83 Å². The van der Waals surface area contributed by atoms with Crippen molar-refractivity contribution < 1.29 is 8.83 Å². The summed E-state index contributed by atoms with van der Waals surface area (Å²) >= 11 is 0. The maximum absolute atomic E-state index is 7.24. The van der Waals surface area contributed by atoms with Gasteiger partial charge in [0.25, 0.3) is 6.71 Å². The normalized spacial score (nSPS) is 13.6. The SMILES string of the molecule is Cc1cc2c3c(c1)N1c4c(cccc4-n4c5ccccc5c5cccc1c54)B3c1oc3ccc(-c4ccccc4)cc3c1N2c1ccc2oc3ccccc3c2c1. The van der Waals surface area contributed by atoms with E-state index >= 15 is 0 Å². The van der Waals surface area contributed by atoms with Gasteiger partial charge in [0.05, 0.1) is 39.4 Å². The number of para-hydroxylation sites is 4. The van der Waals surface area contributed by atoms with Crippen LogP contribution in [-0.4, -0.2) is 11.3 Å². The third kappa shape index (κ3) is 3.71. The van der Waals surface area contributed by atoms with Crippen molar-refractivity contribution in [2.75, 3.05) is 9.80 Å². The number of hydrogen-bond acceptors (Lipinski definition) is 4. The largest absolute Gasteiger partial charge is 0.468 e. The first-order valence-electron chi connectivity index (χ1n) is 19.6. The molecule has 0 saturated carbocycles. The zero-order valence-corrected chi connectivity index (χ0v) is 30.8. The molecule has 6 heteroatoms. The molecule has 5 nitrogen and oxygen atoms in total. The van der Waals surface area contributed by atoms with Crippen molar-refractivity contribution in [2.24, 2.45) is 0 Å². The highest BCUT2D eigenvalue weighted by Crippen LogP contribution is 2.53. The minimum absolute atomic E-state index is 0.137. The van der Waals surface area contributed by atoms with E-state index in [1.54, 1.807) is 0 Å². The van der Waals surface area contributed by atoms with Gasteiger partial charge in [0.15, 0.2) is 0 Å². The van der Waals surface area contributed by atoms with Crippen LogP contribution in [0.25, 0.3) is 71.5 Å². The van der Waals surface area contributed by atoms with Crippen molar-refractivity contribution >= 4 is 112 Å². The van der Waals surface area contributed by atoms with Crippen LogP contribution in [0.1, 0.15) is 5.56 Å². The monoisotopic (exact) mass is 727 g/mol. The number of nitrogens with zero attached hydrogens (tertiary/aromatic N) is 3. The van der Waals surface area contributed by atoms with Crippen molar-refractivity contribution in [3.63, 3.8) is 0 Å². The molecule has 6 heterocycles. The molecule has 57 heavy (non-hydrogen) atoms. The van der Waals surface area contributed by atoms with Crippen LogP contribution in [0.2, 0.25) is 0 Å². The molecule has 0 saturated heterocycles. The van der Waals surface area contributed by atoms with Crippen LogP contribution in [0, 0.1) is 6.92 Å². The number of rotatable bonds is 2. The summed E-state index contributed by atoms with van der Waals surface area (Å²) in [5, 5.41) is 5.82. The lowest BCUT2D eigenvalue weighted by molar-refractivity contribution is 0.651. The van der Waals surface area contributed by atoms with E-state index in [1.165, 1.54) is 66.6 Å². The number of anilines is 6. The molecule has 0 fully saturated rings. The van der Waals surface area contributed by atoms with Gasteiger partial charge in [-0.15, -0.1) is 0 Å². The number of aromatic nitrogens is 1. The zero-order chi connectivity index (χ0) is 37.1. The molecule has 0 bridgehead atoms. The average Bonchev–Trinajstić information content (AvgIpc) is 3.93. The number of fused-ring (bicyclic) bond motifs is 14. The van der Waals surface area contributed by atoms with Gasteiger partial charge in [-0.05, 0) is 101 Å². The third-order valence-corrected chi connectivity index (χ3v) is 12.7. The van der Waals surface area contributed by atoms with Crippen LogP contribution in [0.5, 0.6) is 0 Å². The lowest BCUT2D eigenvalue weighted by atomic mass is 9.35. The Balaban J connectivity index is 1.12. The van der Waals surface area contributed by atoms with E-state index in [1.807, 2.05) is 6.07 Å². The van der Waals surface area contributed by atoms with E-state index in [0.717, 1.165) is 61.2 Å². The van der Waals surface area contributed by atoms with Gasteiger partial charge >= 0.3 is 0 Å². The second kappa shape index (κ2) is 10.4. The Kier molecular flexibility index (Phi) is 5.47. The summed E-state index contributed by atoms with van der Waals surface area (Å²) in [6.45, 7) is 2.10. The van der Waals surface area contributed by atoms with E-state index in [9.17, 15) is 0 Å². The van der Waals surface area contributed by atoms with Gasteiger partial charge in [0, 0.05) is 44.0 Å². The highest BCUT2D eigenvalue weighted by atomic mass is 16.3. The molecule has 0 aliphatic carbocycles. The lowest BCUT2D eigenvalue weighted by Gasteiger charge is -2.44. The minimum atomic E-state index is -0.137. The second-order valence-corrected chi connectivity index (χ2v) is 15.7. The molecule has 3 aliphatic heterocycles. The van der Waals surface area contributed by atoms with Crippen molar-refractivity contribution in [1.82, 2.24) is 4.57 Å². The third-order valence-electron chi connectivity index (χ3n) is 12.7. The van der Waals surface area contributed by atoms with Crippen molar-refractivity contribution in [1.29, 1.82) is 0 Å². The molecular weight excluding hydrogens is 697 g/mol. The highest BCUT2D eigenvalue weighted by molar-refractivity contribution is 7.00. The number of hydrogen-bond donors (Lipinski definition) is 0. The molecular formula is C51H30BN3O2. The second-order valence-electron chi connectivity index (χ2n) is 15.7. The first kappa shape index (κ1) is 29.9. The van der Waals surface area contributed by atoms with Crippen molar-refractivity contribution in [3.05, 3.63) is 169 Å². The Hall–Kier alpha value is -7.44. The molecule has 0 radical (unpaired) electrons. The first-order valence-corrected chi connectivity index (χ1v) is 19.6. The molecule has 0 atom stereocenters. The standard InChI is InChI=1S/C51H30BN3O2/c1-29-25-42-47-43(26-29)55-40-18-9-15-35-33-13-5-7-17-39(33)54(48(35)40)41-19-10-16-38(50(41)55)52(47)51-49(37-27-31(21-23-46(37)57-51)30-11-3-2-4-12-30)53(42)32-22-24-45-36(28-32)34-14-6-8-20-44(34)56-45/h2-28H,1H3. The fraction of sp³-hybridized carbons (Fsp3) is 0.0196. The number of benzene rings is 8. The predicted molar refractivity (Wildman–Crippen MR) is 236 cm³/mol. The quantitative estimate of drug-likeness (QED) is 0.166. The molecule has 3 aromatic heterocycles. The summed E-state index contributed by atoms with van der Waals surface area (Å²) in [7, 11) is 0. The highest BCUT2D eigenvalue weighted by Gasteiger charge is 2.48. The van der Waals surface area contributed by atoms with Crippen LogP contribution in [0.15, 0.2) is 173 Å². The molecule has 14 rings (SSSR count). The Morgan fingerprint density at radius 3 is 2.09 bits per heavy atom. The van der Waals surface area contributed by atoms with Gasteiger partial charge in [-0.25, -0.2) is 0 Å². The van der Waals surface area contributed by atoms with E-state index in [-0.39, 0.29) is 6.71 Å². The van der Waals surface area contributed by atoms with Gasteiger partial charge < -0.3 is 23.2 Å². The molecule has 264 valence electrons. The van der Waals surface area contributed by atoms with Crippen LogP contribution < -0.4 is 26.4 Å². The number of aryl methyl sites for hydroxylation is 1. The Labute approximate surface area is 327 Å². The molecule has 8 aromatic carbocycles.